The average Bonchev–Trinajstić information content (AvgIpc) is 3.13. The highest BCUT2D eigenvalue weighted by atomic mass is 35.5. The zero-order chi connectivity index (χ0) is 19.4. The first-order valence-electron chi connectivity index (χ1n) is 8.43. The molecule has 1 aromatic heterocycles. The van der Waals surface area contributed by atoms with Crippen LogP contribution in [0.1, 0.15) is 29.4 Å². The number of thiazole rings is 1. The Morgan fingerprint density at radius 3 is 2.85 bits per heavy atom. The number of carbonyl (C=O) groups is 1. The molecule has 0 saturated carbocycles. The summed E-state index contributed by atoms with van der Waals surface area (Å²) in [6, 6.07) is 9.90. The maximum absolute atomic E-state index is 13.8. The molecule has 4 nitrogen and oxygen atoms in total. The van der Waals surface area contributed by atoms with Gasteiger partial charge in [-0.3, -0.25) is 4.79 Å². The molecular weight excluding hydrogens is 387 g/mol. The number of nitrogens with zero attached hydrogens (tertiary/aromatic N) is 1. The highest BCUT2D eigenvalue weighted by Gasteiger charge is 2.16. The Kier molecular flexibility index (Phi) is 6.08. The Morgan fingerprint density at radius 2 is 2.11 bits per heavy atom. The minimum Gasteiger partial charge on any atom is -0.494 e. The number of hydrogen-bond donors (Lipinski definition) is 1. The van der Waals surface area contributed by atoms with Crippen LogP contribution in [0.15, 0.2) is 41.8 Å². The Bertz CT molecular complexity index is 974. The lowest BCUT2D eigenvalue weighted by Crippen LogP contribution is -2.13. The van der Waals surface area contributed by atoms with E-state index in [1.807, 2.05) is 26.0 Å². The third-order valence-electron chi connectivity index (χ3n) is 3.75. The molecule has 0 aliphatic heterocycles. The number of nitrogens with one attached hydrogen (secondary N) is 1. The molecule has 1 heterocycles. The number of anilines is 1. The van der Waals surface area contributed by atoms with Crippen LogP contribution in [0, 0.1) is 12.7 Å². The average molecular weight is 405 g/mol. The standard InChI is InChI=1S/C20H18ClFN2O2S/c1-3-8-26-13-5-6-14(15(21)10-13)20-24-18(11-27-20)19(25)23-17-9-12(2)4-7-16(17)22/h4-7,9-11H,3,8H2,1-2H3,(H,23,25). The zero-order valence-electron chi connectivity index (χ0n) is 14.9. The van der Waals surface area contributed by atoms with E-state index in [1.54, 1.807) is 23.6 Å². The Hall–Kier alpha value is -2.44. The van der Waals surface area contributed by atoms with E-state index >= 15 is 0 Å². The van der Waals surface area contributed by atoms with Gasteiger partial charge in [-0.15, -0.1) is 11.3 Å². The molecule has 0 fully saturated rings. The third kappa shape index (κ3) is 4.64. The fraction of sp³-hybridized carbons (Fsp3) is 0.200. The van der Waals surface area contributed by atoms with Gasteiger partial charge < -0.3 is 10.1 Å². The molecule has 0 saturated heterocycles. The van der Waals surface area contributed by atoms with Gasteiger partial charge in [0.2, 0.25) is 0 Å². The quantitative estimate of drug-likeness (QED) is 0.552. The van der Waals surface area contributed by atoms with Gasteiger partial charge in [-0.05, 0) is 49.2 Å². The third-order valence-corrected chi connectivity index (χ3v) is 4.94. The van der Waals surface area contributed by atoms with E-state index in [9.17, 15) is 9.18 Å². The van der Waals surface area contributed by atoms with E-state index in [4.69, 9.17) is 16.3 Å². The summed E-state index contributed by atoms with van der Waals surface area (Å²) in [5, 5.41) is 5.28. The highest BCUT2D eigenvalue weighted by Crippen LogP contribution is 2.33. The summed E-state index contributed by atoms with van der Waals surface area (Å²) in [5.41, 5.74) is 1.90. The van der Waals surface area contributed by atoms with E-state index in [-0.39, 0.29) is 11.4 Å². The molecule has 0 atom stereocenters. The van der Waals surface area contributed by atoms with Crippen molar-refractivity contribution in [3.05, 3.63) is 63.9 Å². The van der Waals surface area contributed by atoms with Crippen molar-refractivity contribution in [1.29, 1.82) is 0 Å². The van der Waals surface area contributed by atoms with Crippen molar-refractivity contribution in [3.8, 4) is 16.3 Å². The number of hydrogen-bond acceptors (Lipinski definition) is 4. The summed E-state index contributed by atoms with van der Waals surface area (Å²) in [7, 11) is 0. The van der Waals surface area contributed by atoms with Crippen molar-refractivity contribution < 1.29 is 13.9 Å². The van der Waals surface area contributed by atoms with Gasteiger partial charge in [-0.1, -0.05) is 24.6 Å². The second-order valence-electron chi connectivity index (χ2n) is 5.97. The maximum Gasteiger partial charge on any atom is 0.275 e. The van der Waals surface area contributed by atoms with Gasteiger partial charge in [-0.25, -0.2) is 9.37 Å². The van der Waals surface area contributed by atoms with Crippen LogP contribution in [-0.4, -0.2) is 17.5 Å². The Labute approximate surface area is 166 Å². The number of carbonyl (C=O) groups excluding carboxylic acids is 1. The summed E-state index contributed by atoms with van der Waals surface area (Å²) in [6.07, 6.45) is 0.909. The van der Waals surface area contributed by atoms with Crippen molar-refractivity contribution in [1.82, 2.24) is 4.98 Å². The minimum atomic E-state index is -0.491. The normalized spacial score (nSPS) is 10.7. The first-order chi connectivity index (χ1) is 13.0. The summed E-state index contributed by atoms with van der Waals surface area (Å²) < 4.78 is 19.4. The number of ether oxygens (including phenoxy) is 1. The van der Waals surface area contributed by atoms with Crippen LogP contribution < -0.4 is 10.1 Å². The first-order valence-corrected chi connectivity index (χ1v) is 9.69. The monoisotopic (exact) mass is 404 g/mol. The number of aromatic nitrogens is 1. The lowest BCUT2D eigenvalue weighted by Gasteiger charge is -2.07. The number of amides is 1. The van der Waals surface area contributed by atoms with Crippen molar-refractivity contribution in [2.45, 2.75) is 20.3 Å². The van der Waals surface area contributed by atoms with Crippen molar-refractivity contribution in [3.63, 3.8) is 0 Å². The number of halogens is 2. The van der Waals surface area contributed by atoms with Gasteiger partial charge in [0.15, 0.2) is 0 Å². The zero-order valence-corrected chi connectivity index (χ0v) is 16.5. The number of aryl methyl sites for hydroxylation is 1. The predicted octanol–water partition coefficient (Wildman–Crippen LogP) is 5.95. The van der Waals surface area contributed by atoms with E-state index in [0.29, 0.717) is 28.0 Å². The molecule has 0 aliphatic carbocycles. The van der Waals surface area contributed by atoms with Crippen molar-refractivity contribution in [2.75, 3.05) is 11.9 Å². The highest BCUT2D eigenvalue weighted by molar-refractivity contribution is 7.13. The summed E-state index contributed by atoms with van der Waals surface area (Å²) in [6.45, 7) is 4.47. The van der Waals surface area contributed by atoms with Gasteiger partial charge in [0.1, 0.15) is 22.3 Å². The number of benzene rings is 2. The fourth-order valence-corrected chi connectivity index (χ4v) is 3.56. The molecule has 0 radical (unpaired) electrons. The summed E-state index contributed by atoms with van der Waals surface area (Å²) in [4.78, 5) is 16.7. The van der Waals surface area contributed by atoms with Crippen LogP contribution in [0.3, 0.4) is 0 Å². The lowest BCUT2D eigenvalue weighted by atomic mass is 10.2. The predicted molar refractivity (Wildman–Crippen MR) is 107 cm³/mol. The molecule has 3 aromatic rings. The van der Waals surface area contributed by atoms with Gasteiger partial charge in [0, 0.05) is 10.9 Å². The molecule has 140 valence electrons. The van der Waals surface area contributed by atoms with Gasteiger partial charge in [0.25, 0.3) is 5.91 Å². The molecule has 0 aliphatic rings. The van der Waals surface area contributed by atoms with Crippen LogP contribution in [-0.2, 0) is 0 Å². The second-order valence-corrected chi connectivity index (χ2v) is 7.23. The molecule has 0 bridgehead atoms. The van der Waals surface area contributed by atoms with Crippen LogP contribution in [0.5, 0.6) is 5.75 Å². The van der Waals surface area contributed by atoms with Crippen molar-refractivity contribution in [2.24, 2.45) is 0 Å². The van der Waals surface area contributed by atoms with Crippen LogP contribution >= 0.6 is 22.9 Å². The molecular formula is C20H18ClFN2O2S. The molecule has 1 amide bonds. The first kappa shape index (κ1) is 19.3. The lowest BCUT2D eigenvalue weighted by molar-refractivity contribution is 0.102. The van der Waals surface area contributed by atoms with E-state index in [0.717, 1.165) is 12.0 Å². The van der Waals surface area contributed by atoms with Crippen LogP contribution in [0.25, 0.3) is 10.6 Å². The molecule has 0 unspecified atom stereocenters. The fourth-order valence-electron chi connectivity index (χ4n) is 2.40. The molecule has 3 rings (SSSR count). The topological polar surface area (TPSA) is 51.2 Å². The van der Waals surface area contributed by atoms with Crippen LogP contribution in [0.2, 0.25) is 5.02 Å². The molecule has 7 heteroatoms. The van der Waals surface area contributed by atoms with Gasteiger partial charge in [-0.2, -0.15) is 0 Å². The molecule has 27 heavy (non-hydrogen) atoms. The van der Waals surface area contributed by atoms with E-state index in [2.05, 4.69) is 10.3 Å². The second kappa shape index (κ2) is 8.50. The minimum absolute atomic E-state index is 0.130. The summed E-state index contributed by atoms with van der Waals surface area (Å²) >= 11 is 7.63. The SMILES string of the molecule is CCCOc1ccc(-c2nc(C(=O)Nc3cc(C)ccc3F)cs2)c(Cl)c1. The molecule has 0 spiro atoms. The smallest absolute Gasteiger partial charge is 0.275 e. The Morgan fingerprint density at radius 1 is 1.30 bits per heavy atom. The van der Waals surface area contributed by atoms with Crippen LogP contribution in [0.4, 0.5) is 10.1 Å². The van der Waals surface area contributed by atoms with Gasteiger partial charge in [0.05, 0.1) is 17.3 Å². The number of rotatable bonds is 6. The maximum atomic E-state index is 13.8. The summed E-state index contributed by atoms with van der Waals surface area (Å²) in [5.74, 6) is -0.272. The Balaban J connectivity index is 1.78. The van der Waals surface area contributed by atoms with E-state index < -0.39 is 11.7 Å². The molecule has 1 N–H and O–H groups in total. The largest absolute Gasteiger partial charge is 0.494 e. The van der Waals surface area contributed by atoms with E-state index in [1.165, 1.54) is 17.4 Å². The molecule has 2 aromatic carbocycles. The van der Waals surface area contributed by atoms with Gasteiger partial charge >= 0.3 is 0 Å². The van der Waals surface area contributed by atoms with Crippen molar-refractivity contribution >= 4 is 34.5 Å².